The van der Waals surface area contributed by atoms with Gasteiger partial charge in [0.1, 0.15) is 0 Å². The summed E-state index contributed by atoms with van der Waals surface area (Å²) < 4.78 is 27.0. The van der Waals surface area contributed by atoms with E-state index in [1.54, 1.807) is 18.2 Å². The summed E-state index contributed by atoms with van der Waals surface area (Å²) in [4.78, 5) is 12.6. The van der Waals surface area contributed by atoms with Crippen molar-refractivity contribution >= 4 is 44.8 Å². The van der Waals surface area contributed by atoms with Crippen LogP contribution in [0.25, 0.3) is 0 Å². The normalized spacial score (nSPS) is 16.0. The number of nitrogens with zero attached hydrogens (tertiary/aromatic N) is 1. The van der Waals surface area contributed by atoms with Gasteiger partial charge in [0.2, 0.25) is 15.9 Å². The van der Waals surface area contributed by atoms with E-state index in [-0.39, 0.29) is 17.6 Å². The number of nitrogens with one attached hydrogen (secondary N) is 1. The molecule has 3 rings (SSSR count). The highest BCUT2D eigenvalue weighted by atomic mass is 35.5. The molecule has 162 valence electrons. The Bertz CT molecular complexity index is 1000. The van der Waals surface area contributed by atoms with E-state index >= 15 is 0 Å². The Hall–Kier alpha value is -1.60. The van der Waals surface area contributed by atoms with Gasteiger partial charge in [0.05, 0.1) is 15.8 Å². The molecule has 0 spiro atoms. The van der Waals surface area contributed by atoms with E-state index in [0.717, 1.165) is 5.69 Å². The minimum absolute atomic E-state index is 0.0613. The standard InChI is InChI=1S/C22H26Cl2N2O3S/c1-15(2)17-4-6-19(7-5-17)25-22(27)18-9-11-26(12-10-18)30(28,29)14-16-3-8-20(23)21(24)13-16/h3-8,13,15,18H,9-12,14H2,1-2H3,(H,25,27). The first kappa shape index (κ1) is 23.1. The molecule has 1 aliphatic heterocycles. The number of benzene rings is 2. The number of piperidine rings is 1. The number of hydrogen-bond donors (Lipinski definition) is 1. The van der Waals surface area contributed by atoms with E-state index < -0.39 is 10.0 Å². The van der Waals surface area contributed by atoms with E-state index in [1.807, 2.05) is 24.3 Å². The fourth-order valence-corrected chi connectivity index (χ4v) is 5.39. The van der Waals surface area contributed by atoms with Gasteiger partial charge in [0, 0.05) is 24.7 Å². The fraction of sp³-hybridized carbons (Fsp3) is 0.409. The van der Waals surface area contributed by atoms with E-state index in [2.05, 4.69) is 19.2 Å². The van der Waals surface area contributed by atoms with Crippen molar-refractivity contribution in [1.29, 1.82) is 0 Å². The molecule has 5 nitrogen and oxygen atoms in total. The van der Waals surface area contributed by atoms with Crippen LogP contribution in [-0.2, 0) is 20.6 Å². The van der Waals surface area contributed by atoms with Gasteiger partial charge in [-0.2, -0.15) is 0 Å². The third-order valence-corrected chi connectivity index (χ3v) is 7.99. The van der Waals surface area contributed by atoms with Gasteiger partial charge in [-0.25, -0.2) is 12.7 Å². The Morgan fingerprint density at radius 3 is 2.27 bits per heavy atom. The van der Waals surface area contributed by atoms with Crippen LogP contribution in [0.1, 0.15) is 43.7 Å². The molecule has 1 saturated heterocycles. The maximum atomic E-state index is 12.8. The van der Waals surface area contributed by atoms with E-state index in [9.17, 15) is 13.2 Å². The van der Waals surface area contributed by atoms with Crippen LogP contribution >= 0.6 is 23.2 Å². The van der Waals surface area contributed by atoms with Gasteiger partial charge >= 0.3 is 0 Å². The Balaban J connectivity index is 1.55. The second-order valence-corrected chi connectivity index (χ2v) is 10.7. The number of hydrogen-bond acceptors (Lipinski definition) is 3. The fourth-order valence-electron chi connectivity index (χ4n) is 3.52. The Labute approximate surface area is 188 Å². The lowest BCUT2D eigenvalue weighted by molar-refractivity contribution is -0.120. The van der Waals surface area contributed by atoms with Crippen LogP contribution < -0.4 is 5.32 Å². The van der Waals surface area contributed by atoms with E-state index in [4.69, 9.17) is 23.2 Å². The van der Waals surface area contributed by atoms with Crippen molar-refractivity contribution in [2.75, 3.05) is 18.4 Å². The van der Waals surface area contributed by atoms with Gasteiger partial charge in [0.25, 0.3) is 0 Å². The second kappa shape index (κ2) is 9.69. The zero-order valence-electron chi connectivity index (χ0n) is 17.1. The summed E-state index contributed by atoms with van der Waals surface area (Å²) in [5, 5.41) is 3.68. The molecule has 0 atom stereocenters. The van der Waals surface area contributed by atoms with Crippen molar-refractivity contribution in [3.05, 3.63) is 63.6 Å². The summed E-state index contributed by atoms with van der Waals surface area (Å²) in [6, 6.07) is 12.7. The summed E-state index contributed by atoms with van der Waals surface area (Å²) in [5.74, 6) is 0.0353. The van der Waals surface area contributed by atoms with Gasteiger partial charge in [-0.15, -0.1) is 0 Å². The average molecular weight is 469 g/mol. The van der Waals surface area contributed by atoms with E-state index in [1.165, 1.54) is 9.87 Å². The molecule has 1 amide bonds. The second-order valence-electron chi connectivity index (χ2n) is 7.94. The zero-order chi connectivity index (χ0) is 21.9. The van der Waals surface area contributed by atoms with Gasteiger partial charge in [0.15, 0.2) is 0 Å². The van der Waals surface area contributed by atoms with Gasteiger partial charge in [-0.05, 0) is 54.2 Å². The summed E-state index contributed by atoms with van der Waals surface area (Å²) >= 11 is 11.9. The Kier molecular flexibility index (Phi) is 7.45. The molecule has 1 fully saturated rings. The van der Waals surface area contributed by atoms with Crippen molar-refractivity contribution in [1.82, 2.24) is 4.31 Å². The molecule has 2 aromatic rings. The first-order valence-corrected chi connectivity index (χ1v) is 12.3. The predicted molar refractivity (Wildman–Crippen MR) is 123 cm³/mol. The van der Waals surface area contributed by atoms with Gasteiger partial charge < -0.3 is 5.32 Å². The van der Waals surface area contributed by atoms with Crippen LogP contribution in [0.5, 0.6) is 0 Å². The SMILES string of the molecule is CC(C)c1ccc(NC(=O)C2CCN(S(=O)(=O)Cc3ccc(Cl)c(Cl)c3)CC2)cc1. The summed E-state index contributed by atoms with van der Waals surface area (Å²) in [5.41, 5.74) is 2.57. The predicted octanol–water partition coefficient (Wildman–Crippen LogP) is 5.30. The average Bonchev–Trinajstić information content (AvgIpc) is 2.71. The number of amides is 1. The van der Waals surface area contributed by atoms with Crippen LogP contribution in [0, 0.1) is 5.92 Å². The molecule has 1 N–H and O–H groups in total. The van der Waals surface area contributed by atoms with Gasteiger partial charge in [-0.3, -0.25) is 4.79 Å². The maximum Gasteiger partial charge on any atom is 0.227 e. The molecule has 30 heavy (non-hydrogen) atoms. The van der Waals surface area contributed by atoms with Crippen LogP contribution in [-0.4, -0.2) is 31.7 Å². The highest BCUT2D eigenvalue weighted by Gasteiger charge is 2.31. The van der Waals surface area contributed by atoms with Crippen molar-refractivity contribution in [2.24, 2.45) is 5.92 Å². The molecular formula is C22H26Cl2N2O3S. The van der Waals surface area contributed by atoms with Gasteiger partial charge in [-0.1, -0.05) is 55.2 Å². The first-order valence-electron chi connectivity index (χ1n) is 9.98. The van der Waals surface area contributed by atoms with Crippen LogP contribution in [0.3, 0.4) is 0 Å². The number of sulfonamides is 1. The molecule has 8 heteroatoms. The van der Waals surface area contributed by atoms with Crippen LogP contribution in [0.15, 0.2) is 42.5 Å². The molecule has 2 aromatic carbocycles. The zero-order valence-corrected chi connectivity index (χ0v) is 19.4. The number of carbonyl (C=O) groups is 1. The highest BCUT2D eigenvalue weighted by molar-refractivity contribution is 7.88. The lowest BCUT2D eigenvalue weighted by atomic mass is 9.97. The number of rotatable bonds is 6. The summed E-state index contributed by atoms with van der Waals surface area (Å²) in [6.07, 6.45) is 0.993. The smallest absolute Gasteiger partial charge is 0.227 e. The lowest BCUT2D eigenvalue weighted by Gasteiger charge is -2.30. The molecule has 1 aliphatic rings. The van der Waals surface area contributed by atoms with Crippen molar-refractivity contribution in [3.63, 3.8) is 0 Å². The molecular weight excluding hydrogens is 443 g/mol. The molecule has 0 aromatic heterocycles. The molecule has 0 aliphatic carbocycles. The van der Waals surface area contributed by atoms with Crippen molar-refractivity contribution in [3.8, 4) is 0 Å². The number of anilines is 1. The molecule has 0 radical (unpaired) electrons. The van der Waals surface area contributed by atoms with E-state index in [0.29, 0.717) is 47.5 Å². The molecule has 0 unspecified atom stereocenters. The Morgan fingerprint density at radius 2 is 1.70 bits per heavy atom. The van der Waals surface area contributed by atoms with Crippen molar-refractivity contribution < 1.29 is 13.2 Å². The minimum Gasteiger partial charge on any atom is -0.326 e. The molecule has 1 heterocycles. The topological polar surface area (TPSA) is 66.5 Å². The third-order valence-electron chi connectivity index (χ3n) is 5.40. The maximum absolute atomic E-state index is 12.8. The monoisotopic (exact) mass is 468 g/mol. The Morgan fingerprint density at radius 1 is 1.07 bits per heavy atom. The van der Waals surface area contributed by atoms with Crippen molar-refractivity contribution in [2.45, 2.75) is 38.4 Å². The molecule has 0 bridgehead atoms. The number of carbonyl (C=O) groups excluding carboxylic acids is 1. The lowest BCUT2D eigenvalue weighted by Crippen LogP contribution is -2.41. The third kappa shape index (κ3) is 5.76. The minimum atomic E-state index is -3.49. The van der Waals surface area contributed by atoms with Crippen LogP contribution in [0.2, 0.25) is 10.0 Å². The number of halogens is 2. The largest absolute Gasteiger partial charge is 0.326 e. The summed E-state index contributed by atoms with van der Waals surface area (Å²) in [7, 11) is -3.49. The quantitative estimate of drug-likeness (QED) is 0.625. The van der Waals surface area contributed by atoms with Crippen LogP contribution in [0.4, 0.5) is 5.69 Å². The first-order chi connectivity index (χ1) is 14.2. The summed E-state index contributed by atoms with van der Waals surface area (Å²) in [6.45, 7) is 4.90. The molecule has 0 saturated carbocycles. The highest BCUT2D eigenvalue weighted by Crippen LogP contribution is 2.26.